The highest BCUT2D eigenvalue weighted by molar-refractivity contribution is 7.09. The van der Waals surface area contributed by atoms with Crippen LogP contribution in [0.25, 0.3) is 0 Å². The first-order chi connectivity index (χ1) is 8.06. The Balaban J connectivity index is 3.02. The quantitative estimate of drug-likeness (QED) is 0.773. The van der Waals surface area contributed by atoms with Crippen LogP contribution in [0.1, 0.15) is 18.5 Å². The number of hydrogen-bond donors (Lipinski definition) is 2. The number of hydrogen-bond acceptors (Lipinski definition) is 3. The van der Waals surface area contributed by atoms with Crippen LogP contribution in [-0.2, 0) is 14.1 Å². The molecule has 92 valence electrons. The standard InChI is InChI=1S/C11H14NO4P/c1-7(13)12-9(10(16-17)11(14)15)8-5-3-2-4-6-8/h2-6,9-10H,17H2,1H3,(H,12,13)(H,14,15). The van der Waals surface area contributed by atoms with Crippen molar-refractivity contribution in [2.75, 3.05) is 0 Å². The molecule has 0 aliphatic carbocycles. The zero-order valence-corrected chi connectivity index (χ0v) is 10.4. The zero-order chi connectivity index (χ0) is 12.8. The summed E-state index contributed by atoms with van der Waals surface area (Å²) in [4.78, 5) is 22.1. The number of amides is 1. The lowest BCUT2D eigenvalue weighted by molar-refractivity contribution is -0.146. The van der Waals surface area contributed by atoms with E-state index in [1.165, 1.54) is 6.92 Å². The highest BCUT2D eigenvalue weighted by Gasteiger charge is 2.30. The molecule has 1 aromatic rings. The molecule has 0 saturated heterocycles. The molecule has 0 saturated carbocycles. The van der Waals surface area contributed by atoms with E-state index in [0.29, 0.717) is 5.56 Å². The predicted molar refractivity (Wildman–Crippen MR) is 65.2 cm³/mol. The van der Waals surface area contributed by atoms with Gasteiger partial charge in [0.2, 0.25) is 5.91 Å². The molecule has 0 radical (unpaired) electrons. The second kappa shape index (κ2) is 6.33. The van der Waals surface area contributed by atoms with Crippen molar-refractivity contribution in [2.24, 2.45) is 0 Å². The number of carboxylic acid groups (broad SMARTS) is 1. The largest absolute Gasteiger partial charge is 0.479 e. The van der Waals surface area contributed by atoms with Crippen molar-refractivity contribution in [2.45, 2.75) is 19.1 Å². The smallest absolute Gasteiger partial charge is 0.335 e. The Kier molecular flexibility index (Phi) is 5.07. The lowest BCUT2D eigenvalue weighted by Crippen LogP contribution is -2.39. The van der Waals surface area contributed by atoms with Gasteiger partial charge in [-0.15, -0.1) is 0 Å². The van der Waals surface area contributed by atoms with E-state index in [2.05, 4.69) is 5.32 Å². The molecule has 3 atom stereocenters. The fourth-order valence-electron chi connectivity index (χ4n) is 1.49. The van der Waals surface area contributed by atoms with E-state index in [1.807, 2.05) is 15.5 Å². The van der Waals surface area contributed by atoms with Crippen LogP contribution in [0, 0.1) is 0 Å². The van der Waals surface area contributed by atoms with Crippen molar-refractivity contribution < 1.29 is 19.2 Å². The first kappa shape index (κ1) is 13.6. The SMILES string of the molecule is CC(=O)NC(c1ccccc1)C(OP)C(=O)O. The van der Waals surface area contributed by atoms with Gasteiger partial charge in [0.25, 0.3) is 0 Å². The molecular formula is C11H14NO4P. The third-order valence-corrected chi connectivity index (χ3v) is 2.50. The molecule has 3 unspecified atom stereocenters. The second-order valence-electron chi connectivity index (χ2n) is 3.48. The number of carbonyl (C=O) groups is 2. The highest BCUT2D eigenvalue weighted by atomic mass is 31.0. The maximum absolute atomic E-state index is 11.1. The summed E-state index contributed by atoms with van der Waals surface area (Å²) in [6.45, 7) is 1.33. The molecule has 0 aliphatic rings. The maximum atomic E-state index is 11.1. The van der Waals surface area contributed by atoms with Gasteiger partial charge in [0, 0.05) is 16.4 Å². The molecule has 0 aliphatic heterocycles. The molecule has 0 heterocycles. The van der Waals surface area contributed by atoms with Crippen LogP contribution in [0.3, 0.4) is 0 Å². The predicted octanol–water partition coefficient (Wildman–Crippen LogP) is 1.12. The maximum Gasteiger partial charge on any atom is 0.335 e. The molecular weight excluding hydrogens is 241 g/mol. The average Bonchev–Trinajstić information content (AvgIpc) is 2.29. The molecule has 0 aromatic heterocycles. The van der Waals surface area contributed by atoms with E-state index in [1.54, 1.807) is 24.3 Å². The van der Waals surface area contributed by atoms with Gasteiger partial charge in [-0.05, 0) is 5.56 Å². The number of rotatable bonds is 5. The Morgan fingerprint density at radius 3 is 2.35 bits per heavy atom. The first-order valence-electron chi connectivity index (χ1n) is 4.96. The fraction of sp³-hybridized carbons (Fsp3) is 0.273. The first-order valence-corrected chi connectivity index (χ1v) is 5.43. The molecule has 1 rings (SSSR count). The summed E-state index contributed by atoms with van der Waals surface area (Å²) in [6, 6.07) is 8.10. The Labute approximate surface area is 101 Å². The number of benzene rings is 1. The molecule has 0 spiro atoms. The monoisotopic (exact) mass is 255 g/mol. The lowest BCUT2D eigenvalue weighted by Gasteiger charge is -2.23. The lowest BCUT2D eigenvalue weighted by atomic mass is 10.0. The summed E-state index contributed by atoms with van der Waals surface area (Å²) in [5, 5.41) is 11.6. The average molecular weight is 255 g/mol. The van der Waals surface area contributed by atoms with Crippen molar-refractivity contribution in [3.8, 4) is 0 Å². The molecule has 17 heavy (non-hydrogen) atoms. The molecule has 6 heteroatoms. The highest BCUT2D eigenvalue weighted by Crippen LogP contribution is 2.21. The summed E-state index contributed by atoms with van der Waals surface area (Å²) in [5.74, 6) is -1.45. The van der Waals surface area contributed by atoms with Crippen molar-refractivity contribution in [1.82, 2.24) is 5.32 Å². The third kappa shape index (κ3) is 3.80. The van der Waals surface area contributed by atoms with Crippen molar-refractivity contribution in [1.29, 1.82) is 0 Å². The van der Waals surface area contributed by atoms with E-state index >= 15 is 0 Å². The number of aliphatic carboxylic acids is 1. The zero-order valence-electron chi connectivity index (χ0n) is 9.29. The Morgan fingerprint density at radius 1 is 1.35 bits per heavy atom. The van der Waals surface area contributed by atoms with Gasteiger partial charge in [-0.3, -0.25) is 4.79 Å². The van der Waals surface area contributed by atoms with Gasteiger partial charge in [0.05, 0.1) is 6.04 Å². The van der Waals surface area contributed by atoms with Crippen LogP contribution in [-0.4, -0.2) is 23.1 Å². The molecule has 5 nitrogen and oxygen atoms in total. The van der Waals surface area contributed by atoms with E-state index in [9.17, 15) is 9.59 Å². The summed E-state index contributed by atoms with van der Waals surface area (Å²) in [6.07, 6.45) is -1.15. The third-order valence-electron chi connectivity index (χ3n) is 2.21. The van der Waals surface area contributed by atoms with Crippen molar-refractivity contribution in [3.05, 3.63) is 35.9 Å². The van der Waals surface area contributed by atoms with Gasteiger partial charge in [-0.1, -0.05) is 30.3 Å². The molecule has 1 aromatic carbocycles. The minimum absolute atomic E-state index is 0.313. The van der Waals surface area contributed by atoms with Gasteiger partial charge in [0.1, 0.15) is 0 Å². The molecule has 0 bridgehead atoms. The Morgan fingerprint density at radius 2 is 1.94 bits per heavy atom. The summed E-state index contributed by atoms with van der Waals surface area (Å²) >= 11 is 0. The number of carboxylic acids is 1. The molecule has 2 N–H and O–H groups in total. The van der Waals surface area contributed by atoms with Crippen LogP contribution >= 0.6 is 9.47 Å². The summed E-state index contributed by atoms with van der Waals surface area (Å²) in [7, 11) is 1.91. The van der Waals surface area contributed by atoms with Crippen molar-refractivity contribution >= 4 is 21.3 Å². The van der Waals surface area contributed by atoms with Crippen LogP contribution in [0.15, 0.2) is 30.3 Å². The van der Waals surface area contributed by atoms with Crippen molar-refractivity contribution in [3.63, 3.8) is 0 Å². The van der Waals surface area contributed by atoms with E-state index in [-0.39, 0.29) is 5.91 Å². The topological polar surface area (TPSA) is 75.6 Å². The summed E-state index contributed by atoms with van der Waals surface area (Å²) < 4.78 is 4.83. The number of nitrogens with one attached hydrogen (secondary N) is 1. The van der Waals surface area contributed by atoms with E-state index in [0.717, 1.165) is 0 Å². The van der Waals surface area contributed by atoms with Gasteiger partial charge >= 0.3 is 5.97 Å². The normalized spacial score (nSPS) is 13.8. The molecule has 1 amide bonds. The fourth-order valence-corrected chi connectivity index (χ4v) is 1.77. The van der Waals surface area contributed by atoms with E-state index < -0.39 is 18.1 Å². The summed E-state index contributed by atoms with van der Waals surface area (Å²) in [5.41, 5.74) is 0.678. The minimum atomic E-state index is -1.15. The van der Waals surface area contributed by atoms with Gasteiger partial charge in [0.15, 0.2) is 6.10 Å². The number of carbonyl (C=O) groups excluding carboxylic acids is 1. The van der Waals surface area contributed by atoms with Crippen LogP contribution in [0.2, 0.25) is 0 Å². The van der Waals surface area contributed by atoms with Crippen LogP contribution < -0.4 is 5.32 Å². The van der Waals surface area contributed by atoms with Crippen LogP contribution in [0.4, 0.5) is 0 Å². The van der Waals surface area contributed by atoms with E-state index in [4.69, 9.17) is 9.63 Å². The van der Waals surface area contributed by atoms with Gasteiger partial charge in [-0.25, -0.2) is 4.79 Å². The Hall–Kier alpha value is -1.45. The van der Waals surface area contributed by atoms with Gasteiger partial charge < -0.3 is 14.9 Å². The van der Waals surface area contributed by atoms with Crippen LogP contribution in [0.5, 0.6) is 0 Å². The minimum Gasteiger partial charge on any atom is -0.479 e. The Bertz CT molecular complexity index is 396. The van der Waals surface area contributed by atoms with Gasteiger partial charge in [-0.2, -0.15) is 0 Å². The molecule has 0 fully saturated rings. The second-order valence-corrected chi connectivity index (χ2v) is 3.76.